The predicted molar refractivity (Wildman–Crippen MR) is 69.4 cm³/mol. The van der Waals surface area contributed by atoms with Crippen molar-refractivity contribution in [2.75, 3.05) is 0 Å². The highest BCUT2D eigenvalue weighted by molar-refractivity contribution is 5.90. The molecule has 19 heavy (non-hydrogen) atoms. The highest BCUT2D eigenvalue weighted by Crippen LogP contribution is 2.38. The Kier molecular flexibility index (Phi) is 2.74. The summed E-state index contributed by atoms with van der Waals surface area (Å²) in [5, 5.41) is 12.7. The van der Waals surface area contributed by atoms with Crippen LogP contribution in [0.1, 0.15) is 12.0 Å². The second kappa shape index (κ2) is 4.42. The van der Waals surface area contributed by atoms with E-state index >= 15 is 0 Å². The van der Waals surface area contributed by atoms with Gasteiger partial charge in [-0.25, -0.2) is 0 Å². The maximum atomic E-state index is 11.8. The fraction of sp³-hybridized carbons (Fsp3) is 0.286. The maximum Gasteiger partial charge on any atom is 0.307 e. The minimum Gasteiger partial charge on any atom is -0.481 e. The molecule has 2 atom stereocenters. The van der Waals surface area contributed by atoms with E-state index in [2.05, 4.69) is 10.3 Å². The van der Waals surface area contributed by atoms with E-state index in [0.717, 1.165) is 16.5 Å². The van der Waals surface area contributed by atoms with Crippen molar-refractivity contribution in [3.8, 4) is 0 Å². The minimum absolute atomic E-state index is 0.169. The van der Waals surface area contributed by atoms with E-state index in [1.807, 2.05) is 30.5 Å². The van der Waals surface area contributed by atoms with Crippen LogP contribution in [0.4, 0.5) is 0 Å². The van der Waals surface area contributed by atoms with Crippen molar-refractivity contribution in [3.05, 3.63) is 36.0 Å². The summed E-state index contributed by atoms with van der Waals surface area (Å²) in [7, 11) is 0. The van der Waals surface area contributed by atoms with E-state index in [4.69, 9.17) is 5.11 Å². The van der Waals surface area contributed by atoms with Gasteiger partial charge in [-0.2, -0.15) is 0 Å². The average Bonchev–Trinajstić information content (AvgIpc) is 3.11. The van der Waals surface area contributed by atoms with E-state index in [9.17, 15) is 9.59 Å². The topological polar surface area (TPSA) is 82.2 Å². The number of aromatic nitrogens is 1. The summed E-state index contributed by atoms with van der Waals surface area (Å²) < 4.78 is 0. The molecule has 1 aromatic heterocycles. The first-order chi connectivity index (χ1) is 9.16. The molecule has 1 aliphatic carbocycles. The Morgan fingerprint density at radius 3 is 2.84 bits per heavy atom. The fourth-order valence-corrected chi connectivity index (χ4v) is 2.35. The number of nitrogens with one attached hydrogen (secondary N) is 2. The van der Waals surface area contributed by atoms with Crippen LogP contribution in [0.3, 0.4) is 0 Å². The van der Waals surface area contributed by atoms with Crippen molar-refractivity contribution in [1.82, 2.24) is 10.3 Å². The second-order valence-corrected chi connectivity index (χ2v) is 4.86. The molecule has 1 fully saturated rings. The third-order valence-corrected chi connectivity index (χ3v) is 3.57. The van der Waals surface area contributed by atoms with Gasteiger partial charge in [0.05, 0.1) is 11.8 Å². The Morgan fingerprint density at radius 2 is 2.11 bits per heavy atom. The summed E-state index contributed by atoms with van der Waals surface area (Å²) in [6, 6.07) is 7.86. The summed E-state index contributed by atoms with van der Waals surface area (Å²) in [5.41, 5.74) is 2.04. The van der Waals surface area contributed by atoms with Gasteiger partial charge in [-0.1, -0.05) is 18.2 Å². The zero-order valence-electron chi connectivity index (χ0n) is 10.2. The third-order valence-electron chi connectivity index (χ3n) is 3.57. The molecule has 3 rings (SSSR count). The zero-order valence-corrected chi connectivity index (χ0v) is 10.2. The third kappa shape index (κ3) is 2.19. The number of fused-ring (bicyclic) bond motifs is 1. The molecule has 1 aliphatic rings. The normalized spacial score (nSPS) is 21.3. The number of carbonyl (C=O) groups excluding carboxylic acids is 1. The minimum atomic E-state index is -0.882. The molecular formula is C14H14N2O3. The van der Waals surface area contributed by atoms with E-state index in [1.165, 1.54) is 0 Å². The number of para-hydroxylation sites is 1. The molecule has 98 valence electrons. The van der Waals surface area contributed by atoms with Gasteiger partial charge < -0.3 is 15.4 Å². The van der Waals surface area contributed by atoms with Crippen molar-refractivity contribution in [3.63, 3.8) is 0 Å². The molecule has 1 amide bonds. The number of hydrogen-bond acceptors (Lipinski definition) is 2. The number of aromatic amines is 1. The zero-order chi connectivity index (χ0) is 13.4. The monoisotopic (exact) mass is 258 g/mol. The summed E-state index contributed by atoms with van der Waals surface area (Å²) in [5.74, 6) is -1.91. The standard InChI is InChI=1S/C14H14N2O3/c17-13(10-5-11(10)14(18)19)16-7-8-6-15-12-4-2-1-3-9(8)12/h1-4,6,10-11,15H,5,7H2,(H,16,17)(H,18,19). The summed E-state index contributed by atoms with van der Waals surface area (Å²) in [6.07, 6.45) is 2.32. The Bertz CT molecular complexity index is 647. The average molecular weight is 258 g/mol. The highest BCUT2D eigenvalue weighted by atomic mass is 16.4. The molecule has 0 saturated heterocycles. The Balaban J connectivity index is 1.64. The van der Waals surface area contributed by atoms with Gasteiger partial charge in [-0.3, -0.25) is 9.59 Å². The lowest BCUT2D eigenvalue weighted by molar-refractivity contribution is -0.140. The quantitative estimate of drug-likeness (QED) is 0.777. The predicted octanol–water partition coefficient (Wildman–Crippen LogP) is 1.50. The number of carbonyl (C=O) groups is 2. The van der Waals surface area contributed by atoms with Crippen LogP contribution in [0.2, 0.25) is 0 Å². The molecule has 5 nitrogen and oxygen atoms in total. The van der Waals surface area contributed by atoms with Gasteiger partial charge in [0.25, 0.3) is 0 Å². The molecule has 3 N–H and O–H groups in total. The molecule has 1 aromatic carbocycles. The Labute approximate surface area is 109 Å². The lowest BCUT2D eigenvalue weighted by Crippen LogP contribution is -2.25. The number of benzene rings is 1. The lowest BCUT2D eigenvalue weighted by Gasteiger charge is -2.03. The van der Waals surface area contributed by atoms with E-state index in [1.54, 1.807) is 0 Å². The van der Waals surface area contributed by atoms with Gasteiger partial charge in [-0.15, -0.1) is 0 Å². The molecule has 0 spiro atoms. The maximum absolute atomic E-state index is 11.8. The largest absolute Gasteiger partial charge is 0.481 e. The number of carboxylic acids is 1. The van der Waals surface area contributed by atoms with Crippen molar-refractivity contribution in [1.29, 1.82) is 0 Å². The highest BCUT2D eigenvalue weighted by Gasteiger charge is 2.48. The number of amides is 1. The van der Waals surface area contributed by atoms with Gasteiger partial charge in [0.2, 0.25) is 5.91 Å². The van der Waals surface area contributed by atoms with Gasteiger partial charge in [0.1, 0.15) is 0 Å². The molecule has 0 bridgehead atoms. The first-order valence-corrected chi connectivity index (χ1v) is 6.22. The van der Waals surface area contributed by atoms with Crippen LogP contribution in [0.5, 0.6) is 0 Å². The van der Waals surface area contributed by atoms with Crippen molar-refractivity contribution in [2.45, 2.75) is 13.0 Å². The Hall–Kier alpha value is -2.30. The molecule has 5 heteroatoms. The smallest absolute Gasteiger partial charge is 0.307 e. The molecule has 1 heterocycles. The van der Waals surface area contributed by atoms with Crippen molar-refractivity contribution >= 4 is 22.8 Å². The molecular weight excluding hydrogens is 244 g/mol. The fourth-order valence-electron chi connectivity index (χ4n) is 2.35. The SMILES string of the molecule is O=C(O)C1CC1C(=O)NCc1c[nH]c2ccccc12. The van der Waals surface area contributed by atoms with Crippen molar-refractivity contribution < 1.29 is 14.7 Å². The van der Waals surface area contributed by atoms with Crippen LogP contribution in [0, 0.1) is 11.8 Å². The van der Waals surface area contributed by atoms with Crippen LogP contribution < -0.4 is 5.32 Å². The first-order valence-electron chi connectivity index (χ1n) is 6.22. The molecule has 0 aliphatic heterocycles. The van der Waals surface area contributed by atoms with Crippen LogP contribution >= 0.6 is 0 Å². The summed E-state index contributed by atoms with van der Waals surface area (Å²) in [6.45, 7) is 0.422. The number of H-pyrrole nitrogens is 1. The van der Waals surface area contributed by atoms with E-state index < -0.39 is 11.9 Å². The number of carboxylic acid groups (broad SMARTS) is 1. The van der Waals surface area contributed by atoms with Gasteiger partial charge >= 0.3 is 5.97 Å². The summed E-state index contributed by atoms with van der Waals surface area (Å²) >= 11 is 0. The first kappa shape index (κ1) is 11.8. The van der Waals surface area contributed by atoms with Crippen molar-refractivity contribution in [2.24, 2.45) is 11.8 Å². The Morgan fingerprint density at radius 1 is 1.32 bits per heavy atom. The van der Waals surface area contributed by atoms with E-state index in [0.29, 0.717) is 13.0 Å². The number of aliphatic carboxylic acids is 1. The lowest BCUT2D eigenvalue weighted by atomic mass is 10.2. The second-order valence-electron chi connectivity index (χ2n) is 4.86. The summed E-state index contributed by atoms with van der Waals surface area (Å²) in [4.78, 5) is 25.6. The number of rotatable bonds is 4. The van der Waals surface area contributed by atoms with E-state index in [-0.39, 0.29) is 11.8 Å². The van der Waals surface area contributed by atoms with Crippen LogP contribution in [-0.4, -0.2) is 22.0 Å². The number of hydrogen-bond donors (Lipinski definition) is 3. The molecule has 0 radical (unpaired) electrons. The molecule has 2 unspecified atom stereocenters. The van der Waals surface area contributed by atoms with Crippen LogP contribution in [0.15, 0.2) is 30.5 Å². The molecule has 1 saturated carbocycles. The van der Waals surface area contributed by atoms with Gasteiger partial charge in [0, 0.05) is 23.6 Å². The van der Waals surface area contributed by atoms with Gasteiger partial charge in [-0.05, 0) is 18.1 Å². The molecule has 2 aromatic rings. The van der Waals surface area contributed by atoms with Gasteiger partial charge in [0.15, 0.2) is 0 Å². The van der Waals surface area contributed by atoms with Crippen LogP contribution in [0.25, 0.3) is 10.9 Å². The van der Waals surface area contributed by atoms with Crippen LogP contribution in [-0.2, 0) is 16.1 Å².